The van der Waals surface area contributed by atoms with Crippen LogP contribution in [-0.4, -0.2) is 51.2 Å². The predicted molar refractivity (Wildman–Crippen MR) is 116 cm³/mol. The fourth-order valence-electron chi connectivity index (χ4n) is 3.61. The van der Waals surface area contributed by atoms with Gasteiger partial charge in [-0.2, -0.15) is 0 Å². The van der Waals surface area contributed by atoms with E-state index in [1.54, 1.807) is 7.11 Å². The third-order valence-electron chi connectivity index (χ3n) is 5.33. The molecule has 150 valence electrons. The Hall–Kier alpha value is -2.53. The van der Waals surface area contributed by atoms with Crippen molar-refractivity contribution in [2.45, 2.75) is 19.4 Å². The summed E-state index contributed by atoms with van der Waals surface area (Å²) in [5.74, 6) is 2.41. The van der Waals surface area contributed by atoms with E-state index in [1.807, 2.05) is 19.2 Å². The lowest BCUT2D eigenvalue weighted by Gasteiger charge is -2.17. The highest BCUT2D eigenvalue weighted by atomic mass is 16.5. The molecule has 1 aliphatic rings. The SMILES string of the molecule is CN=C(NCc1ccc(OC)cc1)NCC1CCN(CCc2ccccc2)C1. The molecule has 1 saturated heterocycles. The first-order valence-corrected chi connectivity index (χ1v) is 10.1. The Labute approximate surface area is 168 Å². The van der Waals surface area contributed by atoms with Crippen molar-refractivity contribution >= 4 is 5.96 Å². The number of nitrogens with zero attached hydrogens (tertiary/aromatic N) is 2. The summed E-state index contributed by atoms with van der Waals surface area (Å²) in [6.45, 7) is 5.21. The molecule has 1 fully saturated rings. The van der Waals surface area contributed by atoms with Crippen LogP contribution >= 0.6 is 0 Å². The smallest absolute Gasteiger partial charge is 0.191 e. The lowest BCUT2D eigenvalue weighted by molar-refractivity contribution is 0.328. The van der Waals surface area contributed by atoms with Crippen molar-refractivity contribution in [1.82, 2.24) is 15.5 Å². The standard InChI is InChI=1S/C23H32N4O/c1-24-23(25-16-20-8-10-22(28-2)11-9-20)26-17-21-13-15-27(18-21)14-12-19-6-4-3-5-7-19/h3-11,21H,12-18H2,1-2H3,(H2,24,25,26). The van der Waals surface area contributed by atoms with Gasteiger partial charge in [-0.05, 0) is 48.6 Å². The van der Waals surface area contributed by atoms with Crippen LogP contribution in [0.5, 0.6) is 5.75 Å². The van der Waals surface area contributed by atoms with E-state index in [2.05, 4.69) is 63.0 Å². The number of ether oxygens (including phenoxy) is 1. The number of nitrogens with one attached hydrogen (secondary N) is 2. The van der Waals surface area contributed by atoms with Gasteiger partial charge in [0.05, 0.1) is 7.11 Å². The molecule has 1 unspecified atom stereocenters. The Morgan fingerprint density at radius 2 is 1.86 bits per heavy atom. The number of methoxy groups -OCH3 is 1. The zero-order valence-corrected chi connectivity index (χ0v) is 17.0. The van der Waals surface area contributed by atoms with Crippen LogP contribution in [0.3, 0.4) is 0 Å². The van der Waals surface area contributed by atoms with Crippen LogP contribution in [0.1, 0.15) is 17.5 Å². The van der Waals surface area contributed by atoms with Crippen LogP contribution in [0.15, 0.2) is 59.6 Å². The van der Waals surface area contributed by atoms with E-state index in [-0.39, 0.29) is 0 Å². The van der Waals surface area contributed by atoms with E-state index >= 15 is 0 Å². The Morgan fingerprint density at radius 3 is 2.57 bits per heavy atom. The summed E-state index contributed by atoms with van der Waals surface area (Å²) in [5.41, 5.74) is 2.63. The summed E-state index contributed by atoms with van der Waals surface area (Å²) in [4.78, 5) is 6.93. The fraction of sp³-hybridized carbons (Fsp3) is 0.435. The Kier molecular flexibility index (Phi) is 7.73. The van der Waals surface area contributed by atoms with Crippen LogP contribution in [-0.2, 0) is 13.0 Å². The van der Waals surface area contributed by atoms with Crippen molar-refractivity contribution in [3.8, 4) is 5.75 Å². The number of rotatable bonds is 8. The van der Waals surface area contributed by atoms with Gasteiger partial charge in [0.1, 0.15) is 5.75 Å². The molecule has 3 rings (SSSR count). The van der Waals surface area contributed by atoms with Crippen LogP contribution < -0.4 is 15.4 Å². The third-order valence-corrected chi connectivity index (χ3v) is 5.33. The minimum Gasteiger partial charge on any atom is -0.497 e. The lowest BCUT2D eigenvalue weighted by Crippen LogP contribution is -2.40. The highest BCUT2D eigenvalue weighted by Crippen LogP contribution is 2.16. The number of likely N-dealkylation sites (tertiary alicyclic amines) is 1. The van der Waals surface area contributed by atoms with Gasteiger partial charge >= 0.3 is 0 Å². The van der Waals surface area contributed by atoms with Crippen LogP contribution in [0.25, 0.3) is 0 Å². The molecule has 0 aromatic heterocycles. The highest BCUT2D eigenvalue weighted by Gasteiger charge is 2.22. The Bertz CT molecular complexity index is 730. The van der Waals surface area contributed by atoms with Gasteiger partial charge in [-0.15, -0.1) is 0 Å². The van der Waals surface area contributed by atoms with E-state index < -0.39 is 0 Å². The third kappa shape index (κ3) is 6.27. The van der Waals surface area contributed by atoms with Crippen molar-refractivity contribution in [2.24, 2.45) is 10.9 Å². The number of benzene rings is 2. The second kappa shape index (κ2) is 10.7. The Balaban J connectivity index is 1.35. The average molecular weight is 381 g/mol. The zero-order chi connectivity index (χ0) is 19.6. The summed E-state index contributed by atoms with van der Waals surface area (Å²) < 4.78 is 5.20. The maximum Gasteiger partial charge on any atom is 0.191 e. The molecule has 2 aromatic rings. The monoisotopic (exact) mass is 380 g/mol. The van der Waals surface area contributed by atoms with E-state index in [1.165, 1.54) is 24.1 Å². The summed E-state index contributed by atoms with van der Waals surface area (Å²) >= 11 is 0. The molecule has 1 aliphatic heterocycles. The number of aliphatic imine (C=N–C) groups is 1. The van der Waals surface area contributed by atoms with E-state index in [0.29, 0.717) is 5.92 Å². The molecule has 0 aliphatic carbocycles. The molecule has 0 saturated carbocycles. The number of hydrogen-bond acceptors (Lipinski definition) is 3. The molecule has 0 spiro atoms. The maximum atomic E-state index is 5.20. The van der Waals surface area contributed by atoms with Gasteiger partial charge in [0.2, 0.25) is 0 Å². The zero-order valence-electron chi connectivity index (χ0n) is 17.0. The van der Waals surface area contributed by atoms with Gasteiger partial charge in [0.25, 0.3) is 0 Å². The van der Waals surface area contributed by atoms with E-state index in [9.17, 15) is 0 Å². The van der Waals surface area contributed by atoms with Gasteiger partial charge < -0.3 is 20.3 Å². The largest absolute Gasteiger partial charge is 0.497 e. The number of hydrogen-bond donors (Lipinski definition) is 2. The van der Waals surface area contributed by atoms with Crippen molar-refractivity contribution in [2.75, 3.05) is 40.3 Å². The van der Waals surface area contributed by atoms with Gasteiger partial charge in [-0.1, -0.05) is 42.5 Å². The minimum absolute atomic E-state index is 0.676. The molecule has 0 amide bonds. The summed E-state index contributed by atoms with van der Waals surface area (Å²) in [6.07, 6.45) is 2.38. The van der Waals surface area contributed by atoms with E-state index in [0.717, 1.165) is 44.3 Å². The normalized spacial score (nSPS) is 17.5. The summed E-state index contributed by atoms with van der Waals surface area (Å²) in [7, 11) is 3.51. The van der Waals surface area contributed by atoms with Gasteiger partial charge in [-0.25, -0.2) is 0 Å². The topological polar surface area (TPSA) is 48.9 Å². The molecule has 5 heteroatoms. The first-order chi connectivity index (χ1) is 13.8. The molecular weight excluding hydrogens is 348 g/mol. The molecule has 2 aromatic carbocycles. The molecule has 0 bridgehead atoms. The quantitative estimate of drug-likeness (QED) is 0.546. The van der Waals surface area contributed by atoms with Crippen molar-refractivity contribution in [1.29, 1.82) is 0 Å². The van der Waals surface area contributed by atoms with Gasteiger partial charge in [-0.3, -0.25) is 4.99 Å². The Morgan fingerprint density at radius 1 is 1.07 bits per heavy atom. The van der Waals surface area contributed by atoms with Crippen LogP contribution in [0.2, 0.25) is 0 Å². The summed E-state index contributed by atoms with van der Waals surface area (Å²) in [5, 5.41) is 6.88. The van der Waals surface area contributed by atoms with E-state index in [4.69, 9.17) is 4.74 Å². The van der Waals surface area contributed by atoms with Crippen LogP contribution in [0, 0.1) is 5.92 Å². The molecular formula is C23H32N4O. The molecule has 0 radical (unpaired) electrons. The summed E-state index contributed by atoms with van der Waals surface area (Å²) in [6, 6.07) is 18.9. The molecule has 1 atom stereocenters. The average Bonchev–Trinajstić information content (AvgIpc) is 3.21. The minimum atomic E-state index is 0.676. The van der Waals surface area contributed by atoms with Gasteiger partial charge in [0.15, 0.2) is 5.96 Å². The van der Waals surface area contributed by atoms with Gasteiger partial charge in [0, 0.05) is 33.2 Å². The second-order valence-electron chi connectivity index (χ2n) is 7.35. The molecule has 1 heterocycles. The number of guanidine groups is 1. The maximum absolute atomic E-state index is 5.20. The molecule has 28 heavy (non-hydrogen) atoms. The second-order valence-corrected chi connectivity index (χ2v) is 7.35. The molecule has 5 nitrogen and oxygen atoms in total. The lowest BCUT2D eigenvalue weighted by atomic mass is 10.1. The van der Waals surface area contributed by atoms with Crippen LogP contribution in [0.4, 0.5) is 0 Å². The molecule has 2 N–H and O–H groups in total. The predicted octanol–water partition coefficient (Wildman–Crippen LogP) is 2.92. The first kappa shape index (κ1) is 20.2. The highest BCUT2D eigenvalue weighted by molar-refractivity contribution is 5.79. The first-order valence-electron chi connectivity index (χ1n) is 10.1. The van der Waals surface area contributed by atoms with Crippen molar-refractivity contribution in [3.05, 3.63) is 65.7 Å². The van der Waals surface area contributed by atoms with Crippen molar-refractivity contribution in [3.63, 3.8) is 0 Å². The fourth-order valence-corrected chi connectivity index (χ4v) is 3.61. The van der Waals surface area contributed by atoms with Crippen molar-refractivity contribution < 1.29 is 4.74 Å².